The Morgan fingerprint density at radius 1 is 1.38 bits per heavy atom. The van der Waals surface area contributed by atoms with Gasteiger partial charge in [0.15, 0.2) is 12.4 Å². The van der Waals surface area contributed by atoms with Crippen LogP contribution in [0.5, 0.6) is 0 Å². The highest BCUT2D eigenvalue weighted by Crippen LogP contribution is 2.05. The molecule has 0 aliphatic rings. The minimum atomic E-state index is -0.541. The zero-order valence-corrected chi connectivity index (χ0v) is 9.45. The minimum absolute atomic E-state index is 0.210. The number of ether oxygens (including phenoxy) is 1. The van der Waals surface area contributed by atoms with E-state index in [0.717, 1.165) is 5.56 Å². The Balaban J connectivity index is 2.60. The van der Waals surface area contributed by atoms with Crippen molar-refractivity contribution in [1.82, 2.24) is 0 Å². The van der Waals surface area contributed by atoms with Crippen LogP contribution in [-0.4, -0.2) is 18.4 Å². The van der Waals surface area contributed by atoms with Gasteiger partial charge in [-0.15, -0.1) is 0 Å². The molecule has 0 radical (unpaired) electrons. The lowest BCUT2D eigenvalue weighted by atomic mass is 10.1. The molecule has 1 rings (SSSR count). The number of benzene rings is 1. The van der Waals surface area contributed by atoms with Gasteiger partial charge >= 0.3 is 5.97 Å². The number of esters is 1. The Morgan fingerprint density at radius 2 is 2.06 bits per heavy atom. The summed E-state index contributed by atoms with van der Waals surface area (Å²) in [4.78, 5) is 22.7. The van der Waals surface area contributed by atoms with E-state index in [9.17, 15) is 9.59 Å². The molecular formula is C13H14O3. The standard InChI is InChI=1S/C13H14O3/c1-9(2)13(15)16-8-12(14)11-6-4-5-10(3)7-11/h4-7H,1,8H2,2-3H3. The van der Waals surface area contributed by atoms with E-state index in [4.69, 9.17) is 4.74 Å². The van der Waals surface area contributed by atoms with E-state index in [0.29, 0.717) is 5.56 Å². The van der Waals surface area contributed by atoms with Crippen molar-refractivity contribution in [3.05, 3.63) is 47.5 Å². The maximum absolute atomic E-state index is 11.6. The highest BCUT2D eigenvalue weighted by atomic mass is 16.5. The average Bonchev–Trinajstić information content (AvgIpc) is 2.25. The number of carbonyl (C=O) groups excluding carboxylic acids is 2. The predicted octanol–water partition coefficient (Wildman–Crippen LogP) is 2.30. The fraction of sp³-hybridized carbons (Fsp3) is 0.231. The molecule has 3 heteroatoms. The topological polar surface area (TPSA) is 43.4 Å². The summed E-state index contributed by atoms with van der Waals surface area (Å²) in [5.74, 6) is -0.751. The second-order valence-corrected chi connectivity index (χ2v) is 3.65. The number of hydrogen-bond donors (Lipinski definition) is 0. The Labute approximate surface area is 94.7 Å². The van der Waals surface area contributed by atoms with Gasteiger partial charge in [0.05, 0.1) is 0 Å². The molecule has 3 nitrogen and oxygen atoms in total. The van der Waals surface area contributed by atoms with Crippen LogP contribution < -0.4 is 0 Å². The molecule has 1 aromatic rings. The monoisotopic (exact) mass is 218 g/mol. The first-order valence-electron chi connectivity index (χ1n) is 4.93. The van der Waals surface area contributed by atoms with E-state index in [1.54, 1.807) is 25.1 Å². The number of hydrogen-bond acceptors (Lipinski definition) is 3. The normalized spacial score (nSPS) is 9.62. The van der Waals surface area contributed by atoms with Crippen molar-refractivity contribution in [2.24, 2.45) is 0 Å². The second kappa shape index (κ2) is 5.26. The molecule has 1 aromatic carbocycles. The van der Waals surface area contributed by atoms with Crippen molar-refractivity contribution in [2.75, 3.05) is 6.61 Å². The third kappa shape index (κ3) is 3.35. The number of aryl methyl sites for hydroxylation is 1. The fourth-order valence-electron chi connectivity index (χ4n) is 1.16. The van der Waals surface area contributed by atoms with Gasteiger partial charge in [0.1, 0.15) is 0 Å². The summed E-state index contributed by atoms with van der Waals surface area (Å²) in [6, 6.07) is 7.15. The molecule has 0 bridgehead atoms. The van der Waals surface area contributed by atoms with Crippen molar-refractivity contribution in [2.45, 2.75) is 13.8 Å². The molecule has 0 saturated carbocycles. The largest absolute Gasteiger partial charge is 0.454 e. The van der Waals surface area contributed by atoms with Crippen molar-refractivity contribution in [3.63, 3.8) is 0 Å². The fourth-order valence-corrected chi connectivity index (χ4v) is 1.16. The quantitative estimate of drug-likeness (QED) is 0.442. The van der Waals surface area contributed by atoms with Gasteiger partial charge in [0.2, 0.25) is 0 Å². The predicted molar refractivity (Wildman–Crippen MR) is 61.3 cm³/mol. The summed E-state index contributed by atoms with van der Waals surface area (Å²) < 4.78 is 4.77. The summed E-state index contributed by atoms with van der Waals surface area (Å²) >= 11 is 0. The first kappa shape index (κ1) is 12.2. The van der Waals surface area contributed by atoms with Gasteiger partial charge in [-0.25, -0.2) is 4.79 Å². The third-order valence-electron chi connectivity index (χ3n) is 2.02. The van der Waals surface area contributed by atoms with Gasteiger partial charge in [0, 0.05) is 11.1 Å². The van der Waals surface area contributed by atoms with Crippen molar-refractivity contribution >= 4 is 11.8 Å². The number of carbonyl (C=O) groups is 2. The molecule has 0 saturated heterocycles. The molecule has 84 valence electrons. The smallest absolute Gasteiger partial charge is 0.333 e. The van der Waals surface area contributed by atoms with Crippen LogP contribution in [0.4, 0.5) is 0 Å². The lowest BCUT2D eigenvalue weighted by Crippen LogP contribution is -2.14. The van der Waals surface area contributed by atoms with Crippen molar-refractivity contribution in [3.8, 4) is 0 Å². The van der Waals surface area contributed by atoms with Crippen LogP contribution in [-0.2, 0) is 9.53 Å². The van der Waals surface area contributed by atoms with Gasteiger partial charge in [-0.1, -0.05) is 30.3 Å². The van der Waals surface area contributed by atoms with Crippen LogP contribution in [0.1, 0.15) is 22.8 Å². The molecule has 0 atom stereocenters. The lowest BCUT2D eigenvalue weighted by Gasteiger charge is -2.04. The van der Waals surface area contributed by atoms with Gasteiger partial charge in [-0.2, -0.15) is 0 Å². The molecule has 0 spiro atoms. The van der Waals surface area contributed by atoms with Crippen LogP contribution in [0.3, 0.4) is 0 Å². The van der Waals surface area contributed by atoms with E-state index in [1.807, 2.05) is 13.0 Å². The molecule has 0 heterocycles. The lowest BCUT2D eigenvalue weighted by molar-refractivity contribution is -0.137. The van der Waals surface area contributed by atoms with Crippen LogP contribution in [0.25, 0.3) is 0 Å². The zero-order chi connectivity index (χ0) is 12.1. The van der Waals surface area contributed by atoms with Gasteiger partial charge in [-0.3, -0.25) is 4.79 Å². The Morgan fingerprint density at radius 3 is 2.62 bits per heavy atom. The summed E-state index contributed by atoms with van der Waals surface area (Å²) in [5, 5.41) is 0. The average molecular weight is 218 g/mol. The SMILES string of the molecule is C=C(C)C(=O)OCC(=O)c1cccc(C)c1. The van der Waals surface area contributed by atoms with E-state index >= 15 is 0 Å². The summed E-state index contributed by atoms with van der Waals surface area (Å²) in [6.45, 7) is 6.63. The number of ketones is 1. The van der Waals surface area contributed by atoms with Crippen LogP contribution in [0.15, 0.2) is 36.4 Å². The molecule has 0 aliphatic carbocycles. The van der Waals surface area contributed by atoms with Gasteiger partial charge in [-0.05, 0) is 19.9 Å². The molecule has 0 aliphatic heterocycles. The number of rotatable bonds is 4. The molecular weight excluding hydrogens is 204 g/mol. The zero-order valence-electron chi connectivity index (χ0n) is 9.45. The van der Waals surface area contributed by atoms with Crippen LogP contribution in [0, 0.1) is 6.92 Å². The molecule has 0 aromatic heterocycles. The molecule has 0 amide bonds. The Hall–Kier alpha value is -1.90. The second-order valence-electron chi connectivity index (χ2n) is 3.65. The summed E-state index contributed by atoms with van der Waals surface area (Å²) in [6.07, 6.45) is 0. The summed E-state index contributed by atoms with van der Waals surface area (Å²) in [7, 11) is 0. The van der Waals surface area contributed by atoms with E-state index in [1.165, 1.54) is 0 Å². The molecule has 16 heavy (non-hydrogen) atoms. The van der Waals surface area contributed by atoms with Gasteiger partial charge in [0.25, 0.3) is 0 Å². The highest BCUT2D eigenvalue weighted by molar-refractivity contribution is 5.99. The Kier molecular flexibility index (Phi) is 4.00. The Bertz CT molecular complexity index is 433. The minimum Gasteiger partial charge on any atom is -0.454 e. The van der Waals surface area contributed by atoms with Crippen molar-refractivity contribution in [1.29, 1.82) is 0 Å². The van der Waals surface area contributed by atoms with Gasteiger partial charge < -0.3 is 4.74 Å². The third-order valence-corrected chi connectivity index (χ3v) is 2.02. The first-order valence-corrected chi connectivity index (χ1v) is 4.93. The summed E-state index contributed by atoms with van der Waals surface area (Å²) in [5.41, 5.74) is 1.84. The molecule has 0 fully saturated rings. The maximum Gasteiger partial charge on any atom is 0.333 e. The van der Waals surface area contributed by atoms with Crippen LogP contribution >= 0.6 is 0 Å². The number of Topliss-reactive ketones (excluding diaryl/α,β-unsaturated/α-hetero) is 1. The van der Waals surface area contributed by atoms with E-state index < -0.39 is 5.97 Å². The first-order chi connectivity index (χ1) is 7.50. The molecule has 0 N–H and O–H groups in total. The highest BCUT2D eigenvalue weighted by Gasteiger charge is 2.09. The molecule has 0 unspecified atom stereocenters. The van der Waals surface area contributed by atoms with Crippen LogP contribution in [0.2, 0.25) is 0 Å². The van der Waals surface area contributed by atoms with Crippen molar-refractivity contribution < 1.29 is 14.3 Å². The van der Waals surface area contributed by atoms with E-state index in [2.05, 4.69) is 6.58 Å². The maximum atomic E-state index is 11.6. The van der Waals surface area contributed by atoms with E-state index in [-0.39, 0.29) is 18.0 Å².